The Hall–Kier alpha value is -2.72. The highest BCUT2D eigenvalue weighted by Gasteiger charge is 2.62. The Morgan fingerprint density at radius 3 is 1.48 bits per heavy atom. The van der Waals surface area contributed by atoms with Gasteiger partial charge in [-0.25, -0.2) is 4.99 Å². The van der Waals surface area contributed by atoms with Gasteiger partial charge in [0.05, 0.1) is 9.85 Å². The van der Waals surface area contributed by atoms with Crippen LogP contribution in [0.4, 0.5) is 61.0 Å². The van der Waals surface area contributed by atoms with E-state index in [0.717, 1.165) is 0 Å². The van der Waals surface area contributed by atoms with E-state index in [9.17, 15) is 64.1 Å². The minimum Gasteiger partial charge on any atom is -0.258 e. The molecule has 1 rings (SSSR count). The first-order valence-corrected chi connectivity index (χ1v) is 6.74. The number of aliphatic imine (C=N–C) groups is 1. The molecule has 29 heavy (non-hydrogen) atoms. The quantitative estimate of drug-likeness (QED) is 0.244. The molecule has 0 radical (unpaired) electrons. The number of alkyl halides is 10. The van der Waals surface area contributed by atoms with Crippen molar-refractivity contribution in [1.82, 2.24) is 0 Å². The first-order chi connectivity index (χ1) is 12.7. The first-order valence-electron chi connectivity index (χ1n) is 6.36. The van der Waals surface area contributed by atoms with E-state index in [1.807, 2.05) is 0 Å². The summed E-state index contributed by atoms with van der Waals surface area (Å²) >= 11 is 4.65. The van der Waals surface area contributed by atoms with Crippen molar-refractivity contribution in [3.8, 4) is 0 Å². The number of halogens is 11. The van der Waals surface area contributed by atoms with Crippen molar-refractivity contribution < 1.29 is 53.8 Å². The second-order valence-electron chi connectivity index (χ2n) is 4.92. The Morgan fingerprint density at radius 1 is 0.828 bits per heavy atom. The van der Waals surface area contributed by atoms with Crippen LogP contribution in [0.2, 0.25) is 0 Å². The zero-order chi connectivity index (χ0) is 23.2. The van der Waals surface area contributed by atoms with Gasteiger partial charge in [0.1, 0.15) is 0 Å². The average molecular weight is 466 g/mol. The smallest absolute Gasteiger partial charge is 0.258 e. The standard InChI is InChI=1S/C11H2ClF10N3O4/c12-7(9(15,16)11(20,21)22)23-6-4(24(26)27)1-3(2-5(6)25(28)29)8(13,14)10(17,18)19/h1-2H. The summed E-state index contributed by atoms with van der Waals surface area (Å²) in [4.78, 5) is 20.3. The number of nitro groups is 2. The predicted octanol–water partition coefficient (Wildman–Crippen LogP) is 5.62. The molecule has 0 spiro atoms. The van der Waals surface area contributed by atoms with Crippen LogP contribution in [0.25, 0.3) is 0 Å². The third-order valence-electron chi connectivity index (χ3n) is 3.01. The molecule has 0 aliphatic rings. The van der Waals surface area contributed by atoms with Gasteiger partial charge in [-0.2, -0.15) is 43.9 Å². The highest BCUT2D eigenvalue weighted by atomic mass is 35.5. The molecule has 18 heteroatoms. The van der Waals surface area contributed by atoms with Crippen LogP contribution in [0, 0.1) is 20.2 Å². The van der Waals surface area contributed by atoms with Gasteiger partial charge in [0.25, 0.3) is 0 Å². The van der Waals surface area contributed by atoms with Crippen LogP contribution >= 0.6 is 11.6 Å². The molecule has 0 saturated heterocycles. The van der Waals surface area contributed by atoms with Gasteiger partial charge in [0.2, 0.25) is 5.69 Å². The fourth-order valence-electron chi connectivity index (χ4n) is 1.63. The second-order valence-corrected chi connectivity index (χ2v) is 5.28. The lowest BCUT2D eigenvalue weighted by atomic mass is 10.0. The van der Waals surface area contributed by atoms with E-state index in [1.54, 1.807) is 0 Å². The summed E-state index contributed by atoms with van der Waals surface area (Å²) in [6.45, 7) is 0. The van der Waals surface area contributed by atoms with E-state index in [-0.39, 0.29) is 0 Å². The molecule has 0 unspecified atom stereocenters. The molecule has 0 aliphatic carbocycles. The molecular weight excluding hydrogens is 464 g/mol. The van der Waals surface area contributed by atoms with Gasteiger partial charge >= 0.3 is 35.6 Å². The third-order valence-corrected chi connectivity index (χ3v) is 3.33. The summed E-state index contributed by atoms with van der Waals surface area (Å²) in [5, 5.41) is 19.0. The lowest BCUT2D eigenvalue weighted by Crippen LogP contribution is -2.41. The zero-order valence-corrected chi connectivity index (χ0v) is 13.5. The maximum Gasteiger partial charge on any atom is 0.460 e. The Bertz CT molecular complexity index is 846. The zero-order valence-electron chi connectivity index (χ0n) is 12.8. The maximum atomic E-state index is 13.4. The summed E-state index contributed by atoms with van der Waals surface area (Å²) in [5.41, 5.74) is -8.57. The maximum absolute atomic E-state index is 13.4. The van der Waals surface area contributed by atoms with Gasteiger partial charge in [-0.1, -0.05) is 11.6 Å². The number of hydrogen-bond acceptors (Lipinski definition) is 5. The van der Waals surface area contributed by atoms with Gasteiger partial charge < -0.3 is 0 Å². The molecule has 0 fully saturated rings. The van der Waals surface area contributed by atoms with E-state index in [1.165, 1.54) is 0 Å². The fourth-order valence-corrected chi connectivity index (χ4v) is 1.82. The Kier molecular flexibility index (Phi) is 6.10. The Balaban J connectivity index is 3.93. The molecule has 0 aromatic heterocycles. The van der Waals surface area contributed by atoms with Crippen LogP contribution in [0.15, 0.2) is 17.1 Å². The number of nitro benzene ring substituents is 2. The normalized spacial score (nSPS) is 14.1. The van der Waals surface area contributed by atoms with Crippen LogP contribution in [-0.4, -0.2) is 33.3 Å². The predicted molar refractivity (Wildman–Crippen MR) is 73.6 cm³/mol. The molecule has 0 N–H and O–H groups in total. The van der Waals surface area contributed by atoms with E-state index < -0.39 is 74.0 Å². The number of nitrogens with zero attached hydrogens (tertiary/aromatic N) is 3. The van der Waals surface area contributed by atoms with Crippen molar-refractivity contribution in [3.05, 3.63) is 37.9 Å². The molecule has 0 heterocycles. The number of rotatable bonds is 5. The topological polar surface area (TPSA) is 98.6 Å². The molecule has 1 aromatic rings. The van der Waals surface area contributed by atoms with Gasteiger partial charge in [-0.05, 0) is 0 Å². The molecule has 0 aliphatic heterocycles. The van der Waals surface area contributed by atoms with E-state index in [0.29, 0.717) is 0 Å². The molecule has 0 atom stereocenters. The highest BCUT2D eigenvalue weighted by Crippen LogP contribution is 2.49. The molecule has 0 saturated carbocycles. The van der Waals surface area contributed by atoms with Gasteiger partial charge in [-0.3, -0.25) is 20.2 Å². The van der Waals surface area contributed by atoms with Crippen molar-refractivity contribution in [1.29, 1.82) is 0 Å². The molecule has 0 bridgehead atoms. The van der Waals surface area contributed by atoms with Crippen molar-refractivity contribution in [2.75, 3.05) is 0 Å². The largest absolute Gasteiger partial charge is 0.460 e. The van der Waals surface area contributed by atoms with E-state index in [2.05, 4.69) is 16.6 Å². The fraction of sp³-hybridized carbons (Fsp3) is 0.364. The summed E-state index contributed by atoms with van der Waals surface area (Å²) < 4.78 is 127. The van der Waals surface area contributed by atoms with Crippen molar-refractivity contribution >= 4 is 33.8 Å². The molecule has 1 aromatic carbocycles. The number of hydrogen-bond donors (Lipinski definition) is 0. The second kappa shape index (κ2) is 7.27. The Labute approximate surface area is 155 Å². The Morgan fingerprint density at radius 2 is 1.21 bits per heavy atom. The highest BCUT2D eigenvalue weighted by molar-refractivity contribution is 6.67. The van der Waals surface area contributed by atoms with Crippen LogP contribution in [0.1, 0.15) is 5.56 Å². The van der Waals surface area contributed by atoms with Crippen molar-refractivity contribution in [2.45, 2.75) is 24.2 Å². The van der Waals surface area contributed by atoms with Gasteiger partial charge in [0, 0.05) is 17.7 Å². The van der Waals surface area contributed by atoms with Crippen LogP contribution in [0.3, 0.4) is 0 Å². The summed E-state index contributed by atoms with van der Waals surface area (Å²) in [6, 6.07) is -1.23. The summed E-state index contributed by atoms with van der Waals surface area (Å²) in [7, 11) is 0. The third kappa shape index (κ3) is 4.48. The van der Waals surface area contributed by atoms with Gasteiger partial charge in [-0.15, -0.1) is 0 Å². The van der Waals surface area contributed by atoms with Crippen LogP contribution in [0.5, 0.6) is 0 Å². The summed E-state index contributed by atoms with van der Waals surface area (Å²) in [5.74, 6) is -11.9. The lowest BCUT2D eigenvalue weighted by Gasteiger charge is -2.20. The SMILES string of the molecule is O=[N+]([O-])c1cc(C(F)(F)C(F)(F)F)cc([N+](=O)[O-])c1N=C(Cl)C(F)(F)C(F)(F)F. The molecule has 162 valence electrons. The lowest BCUT2D eigenvalue weighted by molar-refractivity contribution is -0.393. The minimum absolute atomic E-state index is 0.616. The minimum atomic E-state index is -6.42. The molecule has 7 nitrogen and oxygen atoms in total. The van der Waals surface area contributed by atoms with Crippen molar-refractivity contribution in [3.63, 3.8) is 0 Å². The van der Waals surface area contributed by atoms with E-state index in [4.69, 9.17) is 0 Å². The van der Waals surface area contributed by atoms with Crippen LogP contribution < -0.4 is 0 Å². The van der Waals surface area contributed by atoms with Gasteiger partial charge in [0.15, 0.2) is 5.17 Å². The average Bonchev–Trinajstić information content (AvgIpc) is 2.51. The van der Waals surface area contributed by atoms with E-state index >= 15 is 0 Å². The number of benzene rings is 1. The van der Waals surface area contributed by atoms with Crippen LogP contribution in [-0.2, 0) is 5.92 Å². The summed E-state index contributed by atoms with van der Waals surface area (Å²) in [6.07, 6.45) is -12.8. The first kappa shape index (κ1) is 24.3. The molecular formula is C11H2ClF10N3O4. The molecule has 0 amide bonds. The van der Waals surface area contributed by atoms with Crippen molar-refractivity contribution in [2.24, 2.45) is 4.99 Å². The monoisotopic (exact) mass is 465 g/mol.